The Morgan fingerprint density at radius 1 is 1.00 bits per heavy atom. The van der Waals surface area contributed by atoms with Gasteiger partial charge in [0, 0.05) is 58.8 Å². The molecule has 9 nitrogen and oxygen atoms in total. The van der Waals surface area contributed by atoms with E-state index in [2.05, 4.69) is 10.3 Å². The third-order valence-electron chi connectivity index (χ3n) is 9.12. The number of hydrogen-bond acceptors (Lipinski definition) is 5. The van der Waals surface area contributed by atoms with Crippen molar-refractivity contribution >= 4 is 51.6 Å². The molecule has 2 heterocycles. The molecule has 0 bridgehead atoms. The molecule has 0 fully saturated rings. The molecular weight excluding hydrogens is 652 g/mol. The van der Waals surface area contributed by atoms with Crippen molar-refractivity contribution in [1.82, 2.24) is 9.88 Å². The molecule has 5 aromatic rings. The van der Waals surface area contributed by atoms with Gasteiger partial charge in [0.05, 0.1) is 25.3 Å². The summed E-state index contributed by atoms with van der Waals surface area (Å²) in [6.07, 6.45) is 5.41. The monoisotopic (exact) mass is 690 g/mol. The van der Waals surface area contributed by atoms with Crippen molar-refractivity contribution in [2.45, 2.75) is 38.5 Å². The van der Waals surface area contributed by atoms with E-state index in [0.717, 1.165) is 27.6 Å². The van der Waals surface area contributed by atoms with Crippen LogP contribution in [0.25, 0.3) is 10.9 Å². The van der Waals surface area contributed by atoms with Crippen molar-refractivity contribution in [2.24, 2.45) is 5.92 Å². The molecular formula is C40H39ClN4O5. The van der Waals surface area contributed by atoms with Crippen LogP contribution in [0.2, 0.25) is 5.02 Å². The van der Waals surface area contributed by atoms with Crippen molar-refractivity contribution in [3.63, 3.8) is 0 Å². The van der Waals surface area contributed by atoms with Crippen LogP contribution in [0, 0.1) is 5.92 Å². The molecule has 1 aliphatic heterocycles. The topological polar surface area (TPSA) is 126 Å². The van der Waals surface area contributed by atoms with E-state index in [4.69, 9.17) is 11.6 Å². The fourth-order valence-electron chi connectivity index (χ4n) is 6.52. The quantitative estimate of drug-likeness (QED) is 0.107. The number of carbonyl (C=O) groups excluding carboxylic acids is 3. The lowest BCUT2D eigenvalue weighted by molar-refractivity contribution is -0.139. The van der Waals surface area contributed by atoms with E-state index in [0.29, 0.717) is 28.5 Å². The van der Waals surface area contributed by atoms with Gasteiger partial charge in [0.15, 0.2) is 5.60 Å². The van der Waals surface area contributed by atoms with Gasteiger partial charge in [0.25, 0.3) is 5.91 Å². The zero-order chi connectivity index (χ0) is 35.3. The number of aromatic nitrogens is 1. The van der Waals surface area contributed by atoms with Crippen LogP contribution >= 0.6 is 11.6 Å². The zero-order valence-electron chi connectivity index (χ0n) is 27.7. The number of aliphatic hydroxyl groups is 2. The average Bonchev–Trinajstić information content (AvgIpc) is 3.61. The average molecular weight is 691 g/mol. The number of H-pyrrole nitrogens is 1. The largest absolute Gasteiger partial charge is 0.395 e. The Hall–Kier alpha value is -5.22. The Labute approximate surface area is 295 Å². The third-order valence-corrected chi connectivity index (χ3v) is 9.36. The fraction of sp³-hybridized carbons (Fsp3) is 0.225. The van der Waals surface area contributed by atoms with Gasteiger partial charge >= 0.3 is 0 Å². The van der Waals surface area contributed by atoms with Crippen molar-refractivity contribution in [1.29, 1.82) is 0 Å². The Morgan fingerprint density at radius 2 is 1.76 bits per heavy atom. The number of rotatable bonds is 13. The van der Waals surface area contributed by atoms with E-state index in [1.54, 1.807) is 48.2 Å². The summed E-state index contributed by atoms with van der Waals surface area (Å²) in [7, 11) is 0. The first kappa shape index (κ1) is 34.6. The Bertz CT molecular complexity index is 2040. The second-order valence-corrected chi connectivity index (χ2v) is 13.0. The molecule has 1 aromatic heterocycles. The van der Waals surface area contributed by atoms with Gasteiger partial charge in [-0.05, 0) is 53.1 Å². The highest BCUT2D eigenvalue weighted by Crippen LogP contribution is 2.46. The molecule has 1 aliphatic rings. The molecule has 0 aliphatic carbocycles. The number of fused-ring (bicyclic) bond motifs is 2. The molecule has 6 rings (SSSR count). The van der Waals surface area contributed by atoms with Gasteiger partial charge in [-0.1, -0.05) is 91.3 Å². The standard InChI is InChI=1S/C40H39ClN4O5/c1-27(9-7-16-38(48)44(19-20-46)25-28-10-3-2-4-11-28)40(50)34-23-31(41)17-18-36(34)45(39(40)49)26-29-12-8-13-32(21-29)43-37(47)22-30-24-42-35-15-6-5-14-33(30)35/h2-15,17-18,21,23-24,27,42,46,50H,16,19-20,22,25-26H2,1H3,(H,43,47)/b9-7+/t27-,40+/m1/s1. The van der Waals surface area contributed by atoms with Crippen LogP contribution in [0.1, 0.15) is 35.6 Å². The van der Waals surface area contributed by atoms with Gasteiger partial charge in [0.2, 0.25) is 11.8 Å². The number of amides is 3. The number of nitrogens with one attached hydrogen (secondary N) is 2. The normalized spacial score (nSPS) is 16.2. The zero-order valence-corrected chi connectivity index (χ0v) is 28.4. The predicted octanol–water partition coefficient (Wildman–Crippen LogP) is 6.34. The third kappa shape index (κ3) is 7.35. The van der Waals surface area contributed by atoms with Crippen LogP contribution in [-0.4, -0.2) is 51.0 Å². The first-order valence-corrected chi connectivity index (χ1v) is 16.9. The summed E-state index contributed by atoms with van der Waals surface area (Å²) in [5.41, 5.74) is 3.14. The van der Waals surface area contributed by atoms with Crippen molar-refractivity contribution in [3.8, 4) is 0 Å². The summed E-state index contributed by atoms with van der Waals surface area (Å²) < 4.78 is 0. The molecule has 3 amide bonds. The summed E-state index contributed by atoms with van der Waals surface area (Å²) in [6, 6.07) is 29.6. The maximum Gasteiger partial charge on any atom is 0.264 e. The van der Waals surface area contributed by atoms with Crippen LogP contribution in [0.5, 0.6) is 0 Å². The van der Waals surface area contributed by atoms with Crippen LogP contribution in [0.3, 0.4) is 0 Å². The molecule has 0 spiro atoms. The van der Waals surface area contributed by atoms with Crippen LogP contribution in [0.15, 0.2) is 115 Å². The Kier molecular flexibility index (Phi) is 10.5. The van der Waals surface area contributed by atoms with E-state index in [-0.39, 0.29) is 44.4 Å². The number of para-hydroxylation sites is 1. The number of carbonyl (C=O) groups is 3. The minimum absolute atomic E-state index is 0.0341. The van der Waals surface area contributed by atoms with Crippen molar-refractivity contribution < 1.29 is 24.6 Å². The van der Waals surface area contributed by atoms with E-state index >= 15 is 0 Å². The molecule has 4 aromatic carbocycles. The number of nitrogens with zero attached hydrogens (tertiary/aromatic N) is 2. The first-order chi connectivity index (χ1) is 24.2. The second kappa shape index (κ2) is 15.1. The molecule has 0 radical (unpaired) electrons. The molecule has 0 unspecified atom stereocenters. The SMILES string of the molecule is C[C@H](/C=C/CC(=O)N(CCO)Cc1ccccc1)[C@@]1(O)C(=O)N(Cc2cccc(NC(=O)Cc3c[nH]c4ccccc34)c2)c2ccc(Cl)cc21. The highest BCUT2D eigenvalue weighted by atomic mass is 35.5. The smallest absolute Gasteiger partial charge is 0.264 e. The molecule has 0 saturated heterocycles. The molecule has 0 saturated carbocycles. The first-order valence-electron chi connectivity index (χ1n) is 16.5. The highest BCUT2D eigenvalue weighted by molar-refractivity contribution is 6.31. The highest BCUT2D eigenvalue weighted by Gasteiger charge is 2.52. The molecule has 50 heavy (non-hydrogen) atoms. The van der Waals surface area contributed by atoms with Gasteiger partial charge in [-0.15, -0.1) is 0 Å². The summed E-state index contributed by atoms with van der Waals surface area (Å²) >= 11 is 6.37. The maximum absolute atomic E-state index is 14.1. The molecule has 4 N–H and O–H groups in total. The number of benzene rings is 4. The maximum atomic E-state index is 14.1. The van der Waals surface area contributed by atoms with Crippen LogP contribution < -0.4 is 10.2 Å². The number of hydrogen-bond donors (Lipinski definition) is 4. The molecule has 256 valence electrons. The van der Waals surface area contributed by atoms with E-state index in [1.807, 2.05) is 79.0 Å². The number of halogens is 1. The minimum atomic E-state index is -1.93. The van der Waals surface area contributed by atoms with Crippen LogP contribution in [-0.2, 0) is 39.5 Å². The van der Waals surface area contributed by atoms with Gasteiger partial charge in [-0.25, -0.2) is 0 Å². The van der Waals surface area contributed by atoms with Gasteiger partial charge in [-0.3, -0.25) is 14.4 Å². The Balaban J connectivity index is 1.15. The molecule has 10 heteroatoms. The number of aliphatic hydroxyl groups excluding tert-OH is 1. The lowest BCUT2D eigenvalue weighted by Gasteiger charge is -2.28. The molecule has 2 atom stereocenters. The number of anilines is 2. The van der Waals surface area contributed by atoms with E-state index < -0.39 is 17.4 Å². The Morgan fingerprint density at radius 3 is 2.56 bits per heavy atom. The van der Waals surface area contributed by atoms with Gasteiger partial charge in [0.1, 0.15) is 0 Å². The van der Waals surface area contributed by atoms with Crippen LogP contribution in [0.4, 0.5) is 11.4 Å². The number of aromatic amines is 1. The summed E-state index contributed by atoms with van der Waals surface area (Å²) in [4.78, 5) is 46.5. The van der Waals surface area contributed by atoms with Gasteiger partial charge < -0.3 is 30.3 Å². The van der Waals surface area contributed by atoms with Crippen molar-refractivity contribution in [2.75, 3.05) is 23.4 Å². The van der Waals surface area contributed by atoms with E-state index in [9.17, 15) is 24.6 Å². The minimum Gasteiger partial charge on any atom is -0.395 e. The summed E-state index contributed by atoms with van der Waals surface area (Å²) in [6.45, 7) is 2.26. The summed E-state index contributed by atoms with van der Waals surface area (Å²) in [5, 5.41) is 26.0. The predicted molar refractivity (Wildman–Crippen MR) is 195 cm³/mol. The second-order valence-electron chi connectivity index (χ2n) is 12.5. The lowest BCUT2D eigenvalue weighted by atomic mass is 9.83. The summed E-state index contributed by atoms with van der Waals surface area (Å²) in [5.74, 6) is -1.58. The van der Waals surface area contributed by atoms with E-state index in [1.165, 1.54) is 4.90 Å². The fourth-order valence-corrected chi connectivity index (χ4v) is 6.69. The lowest BCUT2D eigenvalue weighted by Crippen LogP contribution is -2.44. The van der Waals surface area contributed by atoms with Gasteiger partial charge in [-0.2, -0.15) is 0 Å². The van der Waals surface area contributed by atoms with Crippen molar-refractivity contribution in [3.05, 3.63) is 143 Å².